The summed E-state index contributed by atoms with van der Waals surface area (Å²) in [6.45, 7) is 0.712. The average molecular weight is 321 g/mol. The number of amides is 1. The van der Waals surface area contributed by atoms with Crippen LogP contribution < -0.4 is 5.32 Å². The molecule has 0 radical (unpaired) electrons. The van der Waals surface area contributed by atoms with Gasteiger partial charge in [0.1, 0.15) is 5.15 Å². The highest BCUT2D eigenvalue weighted by atomic mass is 35.5. The van der Waals surface area contributed by atoms with Gasteiger partial charge in [-0.3, -0.25) is 4.79 Å². The lowest BCUT2D eigenvalue weighted by atomic mass is 9.84. The second-order valence-corrected chi connectivity index (χ2v) is 7.06. The summed E-state index contributed by atoms with van der Waals surface area (Å²) in [5.41, 5.74) is 0.588. The summed E-state index contributed by atoms with van der Waals surface area (Å²) in [5.74, 6) is -0.0734. The third-order valence-electron chi connectivity index (χ3n) is 4.26. The van der Waals surface area contributed by atoms with E-state index in [1.165, 1.54) is 19.3 Å². The quantitative estimate of drug-likeness (QED) is 0.869. The first kappa shape index (κ1) is 14.7. The van der Waals surface area contributed by atoms with Crippen molar-refractivity contribution in [1.29, 1.82) is 0 Å². The minimum atomic E-state index is -0.0734. The number of nitrogens with zero attached hydrogens (tertiary/aromatic N) is 1. The van der Waals surface area contributed by atoms with Gasteiger partial charge in [0.2, 0.25) is 0 Å². The minimum Gasteiger partial charge on any atom is -0.351 e. The molecule has 0 saturated heterocycles. The molecule has 0 spiro atoms. The van der Waals surface area contributed by atoms with Gasteiger partial charge in [-0.2, -0.15) is 11.8 Å². The molecule has 1 heterocycles. The second-order valence-electron chi connectivity index (χ2n) is 5.43. The topological polar surface area (TPSA) is 42.0 Å². The van der Waals surface area contributed by atoms with Gasteiger partial charge < -0.3 is 5.32 Å². The first-order valence-corrected chi connectivity index (χ1v) is 8.62. The maximum absolute atomic E-state index is 12.5. The number of hydrogen-bond donors (Lipinski definition) is 1. The zero-order chi connectivity index (χ0) is 14.9. The van der Waals surface area contributed by atoms with E-state index in [4.69, 9.17) is 11.6 Å². The molecule has 110 valence electrons. The van der Waals surface area contributed by atoms with Crippen LogP contribution in [0.2, 0.25) is 5.15 Å². The molecule has 5 heteroatoms. The fraction of sp³-hybridized carbons (Fsp3) is 0.375. The Morgan fingerprint density at radius 2 is 2.10 bits per heavy atom. The molecule has 0 unspecified atom stereocenters. The number of fused-ring (bicyclic) bond motifs is 1. The van der Waals surface area contributed by atoms with E-state index in [2.05, 4.69) is 16.6 Å². The Bertz CT molecular complexity index is 680. The number of halogens is 1. The van der Waals surface area contributed by atoms with Gasteiger partial charge in [-0.15, -0.1) is 0 Å². The van der Waals surface area contributed by atoms with Crippen LogP contribution >= 0.6 is 23.4 Å². The summed E-state index contributed by atoms with van der Waals surface area (Å²) in [7, 11) is 0. The number of hydrogen-bond acceptors (Lipinski definition) is 3. The van der Waals surface area contributed by atoms with Crippen molar-refractivity contribution in [3.05, 3.63) is 41.2 Å². The maximum Gasteiger partial charge on any atom is 0.253 e. The van der Waals surface area contributed by atoms with E-state index >= 15 is 0 Å². The maximum atomic E-state index is 12.5. The van der Waals surface area contributed by atoms with E-state index < -0.39 is 0 Å². The Kier molecular flexibility index (Phi) is 4.09. The lowest BCUT2D eigenvalue weighted by Crippen LogP contribution is -2.45. The number of thioether (sulfide) groups is 1. The van der Waals surface area contributed by atoms with Crippen LogP contribution in [0.1, 0.15) is 29.6 Å². The van der Waals surface area contributed by atoms with Crippen molar-refractivity contribution >= 4 is 40.0 Å². The molecular weight excluding hydrogens is 304 g/mol. The van der Waals surface area contributed by atoms with Crippen LogP contribution in [-0.2, 0) is 0 Å². The molecule has 0 aliphatic heterocycles. The van der Waals surface area contributed by atoms with Crippen LogP contribution in [0.4, 0.5) is 0 Å². The van der Waals surface area contributed by atoms with Crippen molar-refractivity contribution in [1.82, 2.24) is 10.3 Å². The van der Waals surface area contributed by atoms with Crippen molar-refractivity contribution in [3.63, 3.8) is 0 Å². The molecule has 1 aliphatic rings. The number of benzene rings is 1. The van der Waals surface area contributed by atoms with Gasteiger partial charge in [0, 0.05) is 22.9 Å². The fourth-order valence-corrected chi connectivity index (χ4v) is 3.83. The fourth-order valence-electron chi connectivity index (χ4n) is 2.70. The van der Waals surface area contributed by atoms with Crippen LogP contribution in [0.25, 0.3) is 10.8 Å². The Morgan fingerprint density at radius 1 is 1.38 bits per heavy atom. The molecule has 1 amide bonds. The van der Waals surface area contributed by atoms with Crippen LogP contribution in [0, 0.1) is 0 Å². The number of aromatic nitrogens is 1. The van der Waals surface area contributed by atoms with Gasteiger partial charge in [-0.1, -0.05) is 42.3 Å². The van der Waals surface area contributed by atoms with E-state index in [9.17, 15) is 4.79 Å². The molecule has 0 atom stereocenters. The molecule has 1 aliphatic carbocycles. The Hall–Kier alpha value is -1.26. The number of pyridine rings is 1. The molecule has 2 aromatic rings. The van der Waals surface area contributed by atoms with Gasteiger partial charge in [0.15, 0.2) is 0 Å². The van der Waals surface area contributed by atoms with E-state index in [1.54, 1.807) is 6.20 Å². The smallest absolute Gasteiger partial charge is 0.253 e. The first-order valence-electron chi connectivity index (χ1n) is 7.02. The minimum absolute atomic E-state index is 0.0734. The van der Waals surface area contributed by atoms with Crippen LogP contribution in [-0.4, -0.2) is 28.4 Å². The Balaban J connectivity index is 1.83. The number of carbonyl (C=O) groups is 1. The Morgan fingerprint density at radius 3 is 2.71 bits per heavy atom. The van der Waals surface area contributed by atoms with Crippen LogP contribution in [0.5, 0.6) is 0 Å². The van der Waals surface area contributed by atoms with Crippen molar-refractivity contribution in [2.75, 3.05) is 12.8 Å². The summed E-state index contributed by atoms with van der Waals surface area (Å²) in [6, 6.07) is 7.60. The molecule has 1 N–H and O–H groups in total. The monoisotopic (exact) mass is 320 g/mol. The predicted octanol–water partition coefficient (Wildman–Crippen LogP) is 3.90. The third kappa shape index (κ3) is 2.74. The lowest BCUT2D eigenvalue weighted by molar-refractivity contribution is 0.0945. The molecule has 21 heavy (non-hydrogen) atoms. The average Bonchev–Trinajstić information content (AvgIpc) is 2.47. The molecule has 1 fully saturated rings. The number of nitrogens with one attached hydrogen (secondary N) is 1. The summed E-state index contributed by atoms with van der Waals surface area (Å²) in [5, 5.41) is 5.16. The summed E-state index contributed by atoms with van der Waals surface area (Å²) >= 11 is 7.94. The molecule has 3 nitrogen and oxygen atoms in total. The molecular formula is C16H17ClN2OS. The largest absolute Gasteiger partial charge is 0.351 e. The van der Waals surface area contributed by atoms with Crippen molar-refractivity contribution in [3.8, 4) is 0 Å². The Labute approximate surface area is 133 Å². The number of rotatable bonds is 4. The van der Waals surface area contributed by atoms with Crippen molar-refractivity contribution in [2.24, 2.45) is 0 Å². The van der Waals surface area contributed by atoms with Gasteiger partial charge >= 0.3 is 0 Å². The highest BCUT2D eigenvalue weighted by Crippen LogP contribution is 2.42. The summed E-state index contributed by atoms with van der Waals surface area (Å²) in [4.78, 5) is 16.6. The van der Waals surface area contributed by atoms with Crippen molar-refractivity contribution < 1.29 is 4.79 Å². The van der Waals surface area contributed by atoms with Crippen LogP contribution in [0.3, 0.4) is 0 Å². The zero-order valence-electron chi connectivity index (χ0n) is 11.9. The number of carbonyl (C=O) groups excluding carboxylic acids is 1. The van der Waals surface area contributed by atoms with E-state index in [0.29, 0.717) is 17.3 Å². The standard InChI is InChI=1S/C16H17ClN2OS/c1-21-16(7-4-8-16)10-19-15(20)13-9-18-14(17)12-6-3-2-5-11(12)13/h2-3,5-6,9H,4,7-8,10H2,1H3,(H,19,20). The van der Waals surface area contributed by atoms with Gasteiger partial charge in [0.05, 0.1) is 5.56 Å². The third-order valence-corrected chi connectivity index (χ3v) is 5.98. The molecule has 1 aromatic heterocycles. The predicted molar refractivity (Wildman–Crippen MR) is 89.2 cm³/mol. The summed E-state index contributed by atoms with van der Waals surface area (Å²) in [6.07, 6.45) is 7.28. The second kappa shape index (κ2) is 5.85. The van der Waals surface area contributed by atoms with Gasteiger partial charge in [0.25, 0.3) is 5.91 Å². The summed E-state index contributed by atoms with van der Waals surface area (Å²) < 4.78 is 0.227. The van der Waals surface area contributed by atoms with E-state index in [-0.39, 0.29) is 10.7 Å². The molecule has 1 aromatic carbocycles. The van der Waals surface area contributed by atoms with Gasteiger partial charge in [-0.05, 0) is 24.5 Å². The van der Waals surface area contributed by atoms with E-state index in [0.717, 1.165) is 10.8 Å². The van der Waals surface area contributed by atoms with Gasteiger partial charge in [-0.25, -0.2) is 4.98 Å². The van der Waals surface area contributed by atoms with Crippen molar-refractivity contribution in [2.45, 2.75) is 24.0 Å². The van der Waals surface area contributed by atoms with E-state index in [1.807, 2.05) is 36.0 Å². The molecule has 3 rings (SSSR count). The SMILES string of the molecule is CSC1(CNC(=O)c2cnc(Cl)c3ccccc23)CCC1. The molecule has 0 bridgehead atoms. The first-order chi connectivity index (χ1) is 10.2. The molecule has 1 saturated carbocycles. The zero-order valence-corrected chi connectivity index (χ0v) is 13.4. The highest BCUT2D eigenvalue weighted by molar-refractivity contribution is 8.00. The van der Waals surface area contributed by atoms with Crippen LogP contribution in [0.15, 0.2) is 30.5 Å². The highest BCUT2D eigenvalue weighted by Gasteiger charge is 2.36. The normalized spacial score (nSPS) is 16.5. The lowest BCUT2D eigenvalue weighted by Gasteiger charge is -2.40.